The van der Waals surface area contributed by atoms with Crippen LogP contribution in [0.25, 0.3) is 0 Å². The first kappa shape index (κ1) is 19.6. The van der Waals surface area contributed by atoms with E-state index in [1.807, 2.05) is 43.0 Å². The molecule has 3 N–H and O–H groups in total. The number of hydrogen-bond acceptors (Lipinski definition) is 3. The Kier molecular flexibility index (Phi) is 8.12. The third kappa shape index (κ3) is 6.27. The molecule has 1 aromatic carbocycles. The first-order valence-electron chi connectivity index (χ1n) is 9.03. The van der Waals surface area contributed by atoms with Gasteiger partial charge in [-0.2, -0.15) is 11.8 Å². The lowest BCUT2D eigenvalue weighted by molar-refractivity contribution is 0.0953. The average molecular weight is 363 g/mol. The number of rotatable bonds is 7. The van der Waals surface area contributed by atoms with Gasteiger partial charge in [0.25, 0.3) is 5.91 Å². The molecule has 1 saturated carbocycles. The van der Waals surface area contributed by atoms with Gasteiger partial charge in [-0.3, -0.25) is 9.79 Å². The van der Waals surface area contributed by atoms with Gasteiger partial charge in [-0.05, 0) is 49.6 Å². The van der Waals surface area contributed by atoms with Crippen molar-refractivity contribution in [3.63, 3.8) is 0 Å². The standard InChI is InChI=1S/C19H30N4OS/c1-4-10-21-18(24)15-7-5-6-14(11-15)13-22-19(20-2)23-16-8-9-17(12-16)25-3/h5-7,11,16-17H,4,8-10,12-13H2,1-3H3,(H,21,24)(H2,20,22,23). The Morgan fingerprint density at radius 3 is 2.84 bits per heavy atom. The monoisotopic (exact) mass is 362 g/mol. The largest absolute Gasteiger partial charge is 0.354 e. The summed E-state index contributed by atoms with van der Waals surface area (Å²) in [5.41, 5.74) is 1.77. The van der Waals surface area contributed by atoms with Crippen LogP contribution in [0.15, 0.2) is 29.3 Å². The molecule has 0 bridgehead atoms. The highest BCUT2D eigenvalue weighted by atomic mass is 32.2. The normalized spacial score (nSPS) is 20.4. The van der Waals surface area contributed by atoms with Crippen LogP contribution in [0.4, 0.5) is 0 Å². The van der Waals surface area contributed by atoms with E-state index in [-0.39, 0.29) is 5.91 Å². The van der Waals surface area contributed by atoms with Gasteiger partial charge in [0.2, 0.25) is 0 Å². The molecular formula is C19H30N4OS. The number of nitrogens with one attached hydrogen (secondary N) is 3. The molecule has 25 heavy (non-hydrogen) atoms. The molecule has 5 nitrogen and oxygen atoms in total. The fourth-order valence-electron chi connectivity index (χ4n) is 3.02. The summed E-state index contributed by atoms with van der Waals surface area (Å²) >= 11 is 1.95. The zero-order valence-electron chi connectivity index (χ0n) is 15.5. The molecular weight excluding hydrogens is 332 g/mol. The minimum Gasteiger partial charge on any atom is -0.354 e. The molecule has 2 unspecified atom stereocenters. The number of thioether (sulfide) groups is 1. The van der Waals surface area contributed by atoms with Crippen molar-refractivity contribution in [2.45, 2.75) is 50.4 Å². The Hall–Kier alpha value is -1.69. The second-order valence-corrected chi connectivity index (χ2v) is 7.53. The van der Waals surface area contributed by atoms with E-state index in [0.717, 1.165) is 23.2 Å². The highest BCUT2D eigenvalue weighted by Crippen LogP contribution is 2.27. The first-order chi connectivity index (χ1) is 12.2. The van der Waals surface area contributed by atoms with Crippen molar-refractivity contribution in [2.75, 3.05) is 19.8 Å². The van der Waals surface area contributed by atoms with Crippen LogP contribution in [-0.2, 0) is 6.54 Å². The van der Waals surface area contributed by atoms with Gasteiger partial charge in [-0.25, -0.2) is 0 Å². The molecule has 2 rings (SSSR count). The SMILES string of the molecule is CCCNC(=O)c1cccc(CNC(=NC)NC2CCC(SC)C2)c1. The molecule has 0 saturated heterocycles. The molecule has 2 atom stereocenters. The molecule has 1 fully saturated rings. The van der Waals surface area contributed by atoms with Gasteiger partial charge < -0.3 is 16.0 Å². The van der Waals surface area contributed by atoms with Crippen LogP contribution in [0.1, 0.15) is 48.5 Å². The highest BCUT2D eigenvalue weighted by molar-refractivity contribution is 7.99. The van der Waals surface area contributed by atoms with Crippen molar-refractivity contribution in [2.24, 2.45) is 4.99 Å². The Bertz CT molecular complexity index is 591. The van der Waals surface area contributed by atoms with Crippen molar-refractivity contribution >= 4 is 23.6 Å². The summed E-state index contributed by atoms with van der Waals surface area (Å²) in [6.45, 7) is 3.40. The van der Waals surface area contributed by atoms with Gasteiger partial charge in [-0.1, -0.05) is 19.1 Å². The Labute approximate surface area is 155 Å². The molecule has 6 heteroatoms. The maximum atomic E-state index is 12.1. The van der Waals surface area contributed by atoms with Crippen LogP contribution in [0, 0.1) is 0 Å². The molecule has 0 radical (unpaired) electrons. The average Bonchev–Trinajstić information content (AvgIpc) is 3.11. The molecule has 1 amide bonds. The van der Waals surface area contributed by atoms with Crippen LogP contribution in [-0.4, -0.2) is 43.0 Å². The molecule has 1 aliphatic carbocycles. The van der Waals surface area contributed by atoms with Gasteiger partial charge >= 0.3 is 0 Å². The fourth-order valence-corrected chi connectivity index (χ4v) is 3.82. The van der Waals surface area contributed by atoms with Gasteiger partial charge in [0.1, 0.15) is 0 Å². The lowest BCUT2D eigenvalue weighted by atomic mass is 10.1. The summed E-state index contributed by atoms with van der Waals surface area (Å²) in [4.78, 5) is 16.4. The van der Waals surface area contributed by atoms with Crippen LogP contribution in [0.2, 0.25) is 0 Å². The minimum absolute atomic E-state index is 0.0136. The van der Waals surface area contributed by atoms with Crippen molar-refractivity contribution in [1.29, 1.82) is 0 Å². The van der Waals surface area contributed by atoms with Crippen molar-refractivity contribution in [3.05, 3.63) is 35.4 Å². The molecule has 1 aliphatic rings. The molecule has 0 aromatic heterocycles. The van der Waals surface area contributed by atoms with Crippen LogP contribution in [0.5, 0.6) is 0 Å². The van der Waals surface area contributed by atoms with Gasteiger partial charge in [0, 0.05) is 37.0 Å². The summed E-state index contributed by atoms with van der Waals surface area (Å²) < 4.78 is 0. The summed E-state index contributed by atoms with van der Waals surface area (Å²) in [5, 5.41) is 10.5. The lowest BCUT2D eigenvalue weighted by Crippen LogP contribution is -2.42. The predicted molar refractivity (Wildman–Crippen MR) is 107 cm³/mol. The number of carbonyl (C=O) groups excluding carboxylic acids is 1. The van der Waals surface area contributed by atoms with E-state index >= 15 is 0 Å². The van der Waals surface area contributed by atoms with Crippen molar-refractivity contribution in [3.8, 4) is 0 Å². The number of nitrogens with zero attached hydrogens (tertiary/aromatic N) is 1. The summed E-state index contributed by atoms with van der Waals surface area (Å²) in [7, 11) is 1.80. The lowest BCUT2D eigenvalue weighted by Gasteiger charge is -2.17. The quantitative estimate of drug-likeness (QED) is 0.515. The van der Waals surface area contributed by atoms with E-state index in [9.17, 15) is 4.79 Å². The Balaban J connectivity index is 1.86. The molecule has 0 aliphatic heterocycles. The van der Waals surface area contributed by atoms with Crippen molar-refractivity contribution in [1.82, 2.24) is 16.0 Å². The Morgan fingerprint density at radius 2 is 2.16 bits per heavy atom. The van der Waals surface area contributed by atoms with E-state index in [2.05, 4.69) is 27.2 Å². The minimum atomic E-state index is -0.0136. The highest BCUT2D eigenvalue weighted by Gasteiger charge is 2.24. The third-order valence-corrected chi connectivity index (χ3v) is 5.56. The van der Waals surface area contributed by atoms with Crippen LogP contribution < -0.4 is 16.0 Å². The second kappa shape index (κ2) is 10.3. The molecule has 138 valence electrons. The maximum absolute atomic E-state index is 12.1. The third-order valence-electron chi connectivity index (χ3n) is 4.47. The maximum Gasteiger partial charge on any atom is 0.251 e. The zero-order valence-corrected chi connectivity index (χ0v) is 16.3. The number of amides is 1. The smallest absolute Gasteiger partial charge is 0.251 e. The number of benzene rings is 1. The Morgan fingerprint density at radius 1 is 1.32 bits per heavy atom. The molecule has 0 heterocycles. The van der Waals surface area contributed by atoms with E-state index < -0.39 is 0 Å². The van der Waals surface area contributed by atoms with Gasteiger partial charge in [0.15, 0.2) is 5.96 Å². The van der Waals surface area contributed by atoms with Crippen molar-refractivity contribution < 1.29 is 4.79 Å². The van der Waals surface area contributed by atoms with E-state index in [1.54, 1.807) is 7.05 Å². The number of carbonyl (C=O) groups is 1. The zero-order chi connectivity index (χ0) is 18.1. The topological polar surface area (TPSA) is 65.5 Å². The van der Waals surface area contributed by atoms with Crippen LogP contribution >= 0.6 is 11.8 Å². The number of hydrogen-bond donors (Lipinski definition) is 3. The van der Waals surface area contributed by atoms with E-state index in [1.165, 1.54) is 19.3 Å². The summed E-state index contributed by atoms with van der Waals surface area (Å²) in [6, 6.07) is 8.23. The summed E-state index contributed by atoms with van der Waals surface area (Å²) in [6.07, 6.45) is 6.77. The van der Waals surface area contributed by atoms with E-state index in [4.69, 9.17) is 0 Å². The number of aliphatic imine (C=N–C) groups is 1. The molecule has 1 aromatic rings. The number of guanidine groups is 1. The van der Waals surface area contributed by atoms with Gasteiger partial charge in [0.05, 0.1) is 0 Å². The van der Waals surface area contributed by atoms with Gasteiger partial charge in [-0.15, -0.1) is 0 Å². The second-order valence-electron chi connectivity index (χ2n) is 6.39. The molecule has 0 spiro atoms. The van der Waals surface area contributed by atoms with E-state index in [0.29, 0.717) is 24.7 Å². The fraction of sp³-hybridized carbons (Fsp3) is 0.579. The predicted octanol–water partition coefficient (Wildman–Crippen LogP) is 2.78. The summed E-state index contributed by atoms with van der Waals surface area (Å²) in [5.74, 6) is 0.813. The van der Waals surface area contributed by atoms with Crippen LogP contribution in [0.3, 0.4) is 0 Å². The first-order valence-corrected chi connectivity index (χ1v) is 10.3.